The van der Waals surface area contributed by atoms with E-state index in [2.05, 4.69) is 10.2 Å². The second-order valence-electron chi connectivity index (χ2n) is 3.06. The second kappa shape index (κ2) is 3.03. The molecule has 1 heterocycles. The van der Waals surface area contributed by atoms with Gasteiger partial charge in [-0.15, -0.1) is 10.2 Å². The van der Waals surface area contributed by atoms with Crippen molar-refractivity contribution in [3.63, 3.8) is 0 Å². The summed E-state index contributed by atoms with van der Waals surface area (Å²) in [5, 5.41) is 15.0. The molecule has 0 unspecified atom stereocenters. The summed E-state index contributed by atoms with van der Waals surface area (Å²) in [6, 6.07) is 4.26. The first kappa shape index (κ1) is 7.81. The van der Waals surface area contributed by atoms with Gasteiger partial charge >= 0.3 is 11.8 Å². The van der Waals surface area contributed by atoms with E-state index in [1.54, 1.807) is 0 Å². The van der Waals surface area contributed by atoms with Crippen molar-refractivity contribution in [3.8, 4) is 0 Å². The largest absolute Gasteiger partial charge is 0.442 e. The zero-order valence-corrected chi connectivity index (χ0v) is 7.28. The molecule has 1 aliphatic rings. The van der Waals surface area contributed by atoms with Crippen LogP contribution in [0.15, 0.2) is 34.5 Å². The molecule has 0 amide bonds. The third-order valence-electron chi connectivity index (χ3n) is 2.11. The molecular formula is C9H7F3N2O. The van der Waals surface area contributed by atoms with E-state index in [1.807, 2.05) is 0 Å². The van der Waals surface area contributed by atoms with Gasteiger partial charge < -0.3 is 5.11 Å². The van der Waals surface area contributed by atoms with Crippen LogP contribution in [-0.2, 0) is 12.2 Å². The fourth-order valence-electron chi connectivity index (χ4n) is 1.22. The van der Waals surface area contributed by atoms with Crippen molar-refractivity contribution in [1.29, 1.82) is 0 Å². The molecule has 15 heavy (non-hydrogen) atoms. The van der Waals surface area contributed by atoms with E-state index in [0.717, 1.165) is 24.3 Å². The number of rotatable bonds is 2. The lowest BCUT2D eigenvalue weighted by atomic mass is 10.0. The number of aliphatic hydroxyl groups is 1. The van der Waals surface area contributed by atoms with Crippen LogP contribution in [0.1, 0.15) is 13.9 Å². The Morgan fingerprint density at radius 1 is 1.27 bits per heavy atom. The standard InChI is InChI=1S/C9H7F3N2O/c10-9(11,12)8(13-14-8)7-3-1-6(5-15)2-4-7/h1-4,15H,5H2/i5T2. The highest BCUT2D eigenvalue weighted by Gasteiger charge is 2.65. The van der Waals surface area contributed by atoms with E-state index in [1.165, 1.54) is 0 Å². The molecular weight excluding hydrogens is 209 g/mol. The molecule has 2 rings (SSSR count). The molecule has 1 N–H and O–H groups in total. The van der Waals surface area contributed by atoms with E-state index < -0.39 is 18.4 Å². The van der Waals surface area contributed by atoms with Gasteiger partial charge in [-0.2, -0.15) is 13.2 Å². The van der Waals surface area contributed by atoms with Gasteiger partial charge in [-0.05, 0) is 5.56 Å². The normalized spacial score (nSPS) is 20.8. The van der Waals surface area contributed by atoms with Crippen LogP contribution < -0.4 is 0 Å². The Labute approximate surface area is 86.1 Å². The third kappa shape index (κ3) is 1.50. The number of nitrogens with zero attached hydrogens (tertiary/aromatic N) is 2. The molecule has 80 valence electrons. The van der Waals surface area contributed by atoms with Crippen LogP contribution in [0.5, 0.6) is 0 Å². The van der Waals surface area contributed by atoms with Gasteiger partial charge in [-0.25, -0.2) is 0 Å². The maximum Gasteiger partial charge on any atom is 0.442 e. The zero-order valence-electron chi connectivity index (χ0n) is 9.28. The summed E-state index contributed by atoms with van der Waals surface area (Å²) >= 11 is 0. The molecule has 1 aromatic carbocycles. The maximum atomic E-state index is 12.6. The first-order valence-electron chi connectivity index (χ1n) is 5.01. The van der Waals surface area contributed by atoms with Gasteiger partial charge in [0.2, 0.25) is 0 Å². The van der Waals surface area contributed by atoms with Crippen molar-refractivity contribution in [2.24, 2.45) is 10.2 Å². The minimum absolute atomic E-state index is 0.126. The van der Waals surface area contributed by atoms with E-state index in [9.17, 15) is 13.2 Å². The molecule has 0 aliphatic carbocycles. The highest BCUT2D eigenvalue weighted by atomic mass is 19.4. The fraction of sp³-hybridized carbons (Fsp3) is 0.333. The number of halogens is 3. The van der Waals surface area contributed by atoms with Crippen LogP contribution in [0.3, 0.4) is 0 Å². The van der Waals surface area contributed by atoms with Crippen LogP contribution in [0.25, 0.3) is 0 Å². The molecule has 0 saturated heterocycles. The molecule has 0 radical (unpaired) electrons. The van der Waals surface area contributed by atoms with Gasteiger partial charge in [-0.1, -0.05) is 24.3 Å². The summed E-state index contributed by atoms with van der Waals surface area (Å²) in [6.07, 6.45) is -4.60. The van der Waals surface area contributed by atoms with Crippen molar-refractivity contribution in [1.82, 2.24) is 0 Å². The quantitative estimate of drug-likeness (QED) is 0.816. The molecule has 0 aromatic heterocycles. The van der Waals surface area contributed by atoms with E-state index in [-0.39, 0.29) is 11.1 Å². The lowest BCUT2D eigenvalue weighted by Crippen LogP contribution is -2.30. The smallest absolute Gasteiger partial charge is 0.392 e. The van der Waals surface area contributed by atoms with Crippen molar-refractivity contribution in [2.45, 2.75) is 18.4 Å². The molecule has 1 aromatic rings. The lowest BCUT2D eigenvalue weighted by Gasteiger charge is -2.14. The minimum Gasteiger partial charge on any atom is -0.392 e. The summed E-state index contributed by atoms with van der Waals surface area (Å²) < 4.78 is 51.8. The van der Waals surface area contributed by atoms with Gasteiger partial charge in [0, 0.05) is 5.56 Å². The molecule has 0 bridgehead atoms. The summed E-state index contributed by atoms with van der Waals surface area (Å²) in [6.45, 7) is -2.58. The number of alkyl halides is 3. The Kier molecular flexibility index (Phi) is 1.58. The predicted molar refractivity (Wildman–Crippen MR) is 45.0 cm³/mol. The van der Waals surface area contributed by atoms with Crippen molar-refractivity contribution < 1.29 is 21.0 Å². The monoisotopic (exact) mass is 220 g/mol. The Morgan fingerprint density at radius 3 is 2.13 bits per heavy atom. The second-order valence-corrected chi connectivity index (χ2v) is 3.06. The predicted octanol–water partition coefficient (Wildman–Crippen LogP) is 2.36. The van der Waals surface area contributed by atoms with Crippen LogP contribution in [0.4, 0.5) is 13.2 Å². The maximum absolute atomic E-state index is 12.6. The number of hydrogen-bond acceptors (Lipinski definition) is 3. The average molecular weight is 220 g/mol. The van der Waals surface area contributed by atoms with E-state index in [4.69, 9.17) is 7.85 Å². The molecule has 1 aliphatic heterocycles. The van der Waals surface area contributed by atoms with E-state index >= 15 is 0 Å². The molecule has 0 atom stereocenters. The molecule has 0 saturated carbocycles. The Morgan fingerprint density at radius 2 is 1.80 bits per heavy atom. The summed E-state index contributed by atoms with van der Waals surface area (Å²) in [4.78, 5) is 0. The average Bonchev–Trinajstić information content (AvgIpc) is 2.96. The Balaban J connectivity index is 2.32. The highest BCUT2D eigenvalue weighted by Crippen LogP contribution is 2.52. The fourth-order valence-corrected chi connectivity index (χ4v) is 1.22. The van der Waals surface area contributed by atoms with Crippen LogP contribution in [0.2, 0.25) is 0 Å². The molecule has 0 spiro atoms. The molecule has 6 heteroatoms. The van der Waals surface area contributed by atoms with Gasteiger partial charge in [0.25, 0.3) is 0 Å². The Bertz CT molecular complexity index is 459. The van der Waals surface area contributed by atoms with Crippen molar-refractivity contribution in [2.75, 3.05) is 0 Å². The molecule has 3 nitrogen and oxygen atoms in total. The van der Waals surface area contributed by atoms with Crippen LogP contribution in [-0.4, -0.2) is 11.3 Å². The Hall–Kier alpha value is -1.43. The number of benzene rings is 1. The number of hydrogen-bond donors (Lipinski definition) is 1. The summed E-state index contributed by atoms with van der Waals surface area (Å²) in [5.41, 5.74) is -2.83. The SMILES string of the molecule is [3H]C([3H])(O)c1ccc(C2(C(F)(F)F)N=N2)cc1. The van der Waals surface area contributed by atoms with Crippen molar-refractivity contribution >= 4 is 0 Å². The van der Waals surface area contributed by atoms with Gasteiger partial charge in [-0.3, -0.25) is 0 Å². The first-order valence-corrected chi connectivity index (χ1v) is 4.01. The van der Waals surface area contributed by atoms with Crippen molar-refractivity contribution in [3.05, 3.63) is 35.4 Å². The van der Waals surface area contributed by atoms with Crippen LogP contribution in [0, 0.1) is 0 Å². The van der Waals surface area contributed by atoms with Gasteiger partial charge in [0.1, 0.15) is 0 Å². The van der Waals surface area contributed by atoms with E-state index in [0.29, 0.717) is 0 Å². The van der Waals surface area contributed by atoms with Gasteiger partial charge in [0.05, 0.1) is 9.30 Å². The third-order valence-corrected chi connectivity index (χ3v) is 2.11. The first-order chi connectivity index (χ1) is 7.67. The van der Waals surface area contributed by atoms with Crippen LogP contribution >= 0.6 is 0 Å². The zero-order chi connectivity index (χ0) is 12.9. The molecule has 0 fully saturated rings. The van der Waals surface area contributed by atoms with Gasteiger partial charge in [0.15, 0.2) is 0 Å². The lowest BCUT2D eigenvalue weighted by molar-refractivity contribution is -0.166. The topological polar surface area (TPSA) is 45.0 Å². The highest BCUT2D eigenvalue weighted by molar-refractivity contribution is 5.32. The summed E-state index contributed by atoms with van der Waals surface area (Å²) in [5.74, 6) is 0. The minimum atomic E-state index is -4.60. The summed E-state index contributed by atoms with van der Waals surface area (Å²) in [7, 11) is 0.